The number of carbonyl (C=O) groups excluding carboxylic acids is 1. The Morgan fingerprint density at radius 2 is 2.28 bits per heavy atom. The molecule has 1 saturated heterocycles. The van der Waals surface area contributed by atoms with E-state index in [0.29, 0.717) is 23.1 Å². The molecule has 94 valence electrons. The normalized spacial score (nSPS) is 17.8. The highest BCUT2D eigenvalue weighted by Gasteiger charge is 2.40. The first-order valence-corrected chi connectivity index (χ1v) is 5.94. The number of carbonyl (C=O) groups is 1. The summed E-state index contributed by atoms with van der Waals surface area (Å²) in [5.41, 5.74) is 1.27. The number of hydrogen-bond donors (Lipinski definition) is 1. The molecule has 1 fully saturated rings. The maximum Gasteiger partial charge on any atom is 0.256 e. The van der Waals surface area contributed by atoms with Gasteiger partial charge >= 0.3 is 0 Å². The summed E-state index contributed by atoms with van der Waals surface area (Å²) in [6, 6.07) is 2.61. The van der Waals surface area contributed by atoms with E-state index in [1.165, 1.54) is 18.5 Å². The van der Waals surface area contributed by atoms with Crippen molar-refractivity contribution in [1.29, 1.82) is 0 Å². The van der Waals surface area contributed by atoms with Gasteiger partial charge in [0.05, 0.1) is 17.4 Å². The molecule has 1 amide bonds. The van der Waals surface area contributed by atoms with Crippen molar-refractivity contribution in [3.8, 4) is 0 Å². The quantitative estimate of drug-likeness (QED) is 0.840. The smallest absolute Gasteiger partial charge is 0.256 e. The number of H-pyrrole nitrogens is 1. The number of rotatable bonds is 1. The lowest BCUT2D eigenvalue weighted by molar-refractivity contribution is 0.0159. The summed E-state index contributed by atoms with van der Waals surface area (Å²) >= 11 is 0. The molecular weight excluding hydrogens is 233 g/mol. The molecule has 1 aromatic heterocycles. The van der Waals surface area contributed by atoms with E-state index in [0.717, 1.165) is 6.42 Å². The van der Waals surface area contributed by atoms with Crippen LogP contribution in [0, 0.1) is 5.82 Å². The Kier molecular flexibility index (Phi) is 2.20. The van der Waals surface area contributed by atoms with Crippen molar-refractivity contribution in [2.24, 2.45) is 0 Å². The van der Waals surface area contributed by atoms with E-state index >= 15 is 0 Å². The molecule has 3 rings (SSSR count). The Balaban J connectivity index is 2.09. The third-order valence-corrected chi connectivity index (χ3v) is 3.64. The molecule has 1 aromatic carbocycles. The number of fused-ring (bicyclic) bond motifs is 1. The van der Waals surface area contributed by atoms with Crippen molar-refractivity contribution in [3.63, 3.8) is 0 Å². The fourth-order valence-corrected chi connectivity index (χ4v) is 2.37. The Morgan fingerprint density at radius 1 is 1.50 bits per heavy atom. The zero-order valence-corrected chi connectivity index (χ0v) is 10.3. The first kappa shape index (κ1) is 11.2. The van der Waals surface area contributed by atoms with Gasteiger partial charge in [-0.3, -0.25) is 4.79 Å². The Labute approximate surface area is 104 Å². The number of benzene rings is 1. The van der Waals surface area contributed by atoms with Crippen LogP contribution < -0.4 is 0 Å². The van der Waals surface area contributed by atoms with Crippen LogP contribution in [0.15, 0.2) is 18.5 Å². The van der Waals surface area contributed by atoms with E-state index in [1.807, 2.05) is 13.8 Å². The highest BCUT2D eigenvalue weighted by molar-refractivity contribution is 6.05. The van der Waals surface area contributed by atoms with Crippen molar-refractivity contribution in [3.05, 3.63) is 29.8 Å². The third kappa shape index (κ3) is 1.50. The van der Waals surface area contributed by atoms with Crippen LogP contribution in [-0.2, 0) is 0 Å². The van der Waals surface area contributed by atoms with Gasteiger partial charge in [-0.25, -0.2) is 9.37 Å². The van der Waals surface area contributed by atoms with E-state index in [4.69, 9.17) is 0 Å². The summed E-state index contributed by atoms with van der Waals surface area (Å²) in [5, 5.41) is 0. The number of nitrogens with one attached hydrogen (secondary N) is 1. The minimum atomic E-state index is -0.423. The van der Waals surface area contributed by atoms with E-state index in [1.54, 1.807) is 4.90 Å². The molecule has 4 nitrogen and oxygen atoms in total. The van der Waals surface area contributed by atoms with Crippen LogP contribution in [0.5, 0.6) is 0 Å². The summed E-state index contributed by atoms with van der Waals surface area (Å²) in [4.78, 5) is 21.1. The van der Waals surface area contributed by atoms with Gasteiger partial charge in [0.2, 0.25) is 0 Å². The van der Waals surface area contributed by atoms with Crippen LogP contribution >= 0.6 is 0 Å². The monoisotopic (exact) mass is 247 g/mol. The minimum absolute atomic E-state index is 0.147. The predicted octanol–water partition coefficient (Wildman–Crippen LogP) is 2.33. The summed E-state index contributed by atoms with van der Waals surface area (Å²) in [5.74, 6) is -0.573. The summed E-state index contributed by atoms with van der Waals surface area (Å²) in [7, 11) is 0. The lowest BCUT2D eigenvalue weighted by Gasteiger charge is -2.48. The highest BCUT2D eigenvalue weighted by Crippen LogP contribution is 2.32. The molecule has 0 bridgehead atoms. The number of nitrogens with zero attached hydrogens (tertiary/aromatic N) is 2. The second kappa shape index (κ2) is 3.54. The lowest BCUT2D eigenvalue weighted by atomic mass is 9.88. The first-order valence-electron chi connectivity index (χ1n) is 5.94. The topological polar surface area (TPSA) is 49.0 Å². The largest absolute Gasteiger partial charge is 0.344 e. The van der Waals surface area contributed by atoms with Crippen molar-refractivity contribution in [2.75, 3.05) is 6.54 Å². The molecule has 0 saturated carbocycles. The second-order valence-corrected chi connectivity index (χ2v) is 5.27. The first-order chi connectivity index (χ1) is 8.49. The SMILES string of the molecule is CC1(C)CCN1C(=O)c1cc(F)cc2[nH]cnc12. The minimum Gasteiger partial charge on any atom is -0.344 e. The highest BCUT2D eigenvalue weighted by atomic mass is 19.1. The fourth-order valence-electron chi connectivity index (χ4n) is 2.37. The van der Waals surface area contributed by atoms with Gasteiger partial charge in [-0.15, -0.1) is 0 Å². The van der Waals surface area contributed by atoms with Crippen LogP contribution in [0.25, 0.3) is 11.0 Å². The van der Waals surface area contributed by atoms with E-state index in [-0.39, 0.29) is 11.4 Å². The number of hydrogen-bond acceptors (Lipinski definition) is 2. The molecular formula is C13H14FN3O. The predicted molar refractivity (Wildman–Crippen MR) is 65.8 cm³/mol. The van der Waals surface area contributed by atoms with Crippen LogP contribution in [0.4, 0.5) is 4.39 Å². The van der Waals surface area contributed by atoms with Gasteiger partial charge in [-0.05, 0) is 32.4 Å². The molecule has 2 aromatic rings. The fraction of sp³-hybridized carbons (Fsp3) is 0.385. The summed E-state index contributed by atoms with van der Waals surface area (Å²) < 4.78 is 13.5. The molecule has 18 heavy (non-hydrogen) atoms. The molecule has 1 aliphatic heterocycles. The number of aromatic nitrogens is 2. The van der Waals surface area contributed by atoms with Crippen molar-refractivity contribution >= 4 is 16.9 Å². The molecule has 1 N–H and O–H groups in total. The van der Waals surface area contributed by atoms with E-state index < -0.39 is 5.82 Å². The molecule has 0 atom stereocenters. The molecule has 0 radical (unpaired) electrons. The molecule has 0 unspecified atom stereocenters. The maximum atomic E-state index is 13.5. The Morgan fingerprint density at radius 3 is 2.89 bits per heavy atom. The van der Waals surface area contributed by atoms with Crippen LogP contribution in [0.1, 0.15) is 30.6 Å². The summed E-state index contributed by atoms with van der Waals surface area (Å²) in [6.07, 6.45) is 2.44. The van der Waals surface area contributed by atoms with Gasteiger partial charge in [0.1, 0.15) is 11.3 Å². The van der Waals surface area contributed by atoms with E-state index in [2.05, 4.69) is 9.97 Å². The van der Waals surface area contributed by atoms with Gasteiger partial charge in [0.25, 0.3) is 5.91 Å². The Bertz CT molecular complexity index is 632. The van der Waals surface area contributed by atoms with Gasteiger partial charge in [-0.2, -0.15) is 0 Å². The number of aromatic amines is 1. The van der Waals surface area contributed by atoms with Gasteiger partial charge in [-0.1, -0.05) is 0 Å². The van der Waals surface area contributed by atoms with Gasteiger partial charge in [0, 0.05) is 12.1 Å². The third-order valence-electron chi connectivity index (χ3n) is 3.64. The molecule has 1 aliphatic rings. The number of likely N-dealkylation sites (tertiary alicyclic amines) is 1. The number of imidazole rings is 1. The van der Waals surface area contributed by atoms with Crippen LogP contribution in [0.3, 0.4) is 0 Å². The zero-order chi connectivity index (χ0) is 12.9. The average molecular weight is 247 g/mol. The standard InChI is InChI=1S/C13H14FN3O/c1-13(2)3-4-17(13)12(18)9-5-8(14)6-10-11(9)16-7-15-10/h5-7H,3-4H2,1-2H3,(H,15,16). The molecule has 0 spiro atoms. The molecule has 5 heteroatoms. The Hall–Kier alpha value is -1.91. The number of amides is 1. The van der Waals surface area contributed by atoms with E-state index in [9.17, 15) is 9.18 Å². The van der Waals surface area contributed by atoms with Crippen LogP contribution in [-0.4, -0.2) is 32.9 Å². The van der Waals surface area contributed by atoms with Crippen molar-refractivity contribution < 1.29 is 9.18 Å². The zero-order valence-electron chi connectivity index (χ0n) is 10.3. The maximum absolute atomic E-state index is 13.5. The van der Waals surface area contributed by atoms with Crippen molar-refractivity contribution in [1.82, 2.24) is 14.9 Å². The number of halogens is 1. The van der Waals surface area contributed by atoms with Gasteiger partial charge < -0.3 is 9.88 Å². The molecule has 0 aliphatic carbocycles. The van der Waals surface area contributed by atoms with Crippen LogP contribution in [0.2, 0.25) is 0 Å². The average Bonchev–Trinajstić information content (AvgIpc) is 2.74. The molecule has 2 heterocycles. The van der Waals surface area contributed by atoms with Crippen molar-refractivity contribution in [2.45, 2.75) is 25.8 Å². The summed E-state index contributed by atoms with van der Waals surface area (Å²) in [6.45, 7) is 4.74. The lowest BCUT2D eigenvalue weighted by Crippen LogP contribution is -2.58. The second-order valence-electron chi connectivity index (χ2n) is 5.27. The van der Waals surface area contributed by atoms with Gasteiger partial charge in [0.15, 0.2) is 0 Å².